The first-order valence-electron chi connectivity index (χ1n) is 5.91. The van der Waals surface area contributed by atoms with Crippen molar-refractivity contribution in [1.29, 1.82) is 0 Å². The van der Waals surface area contributed by atoms with Crippen LogP contribution in [0.5, 0.6) is 0 Å². The third-order valence-electron chi connectivity index (χ3n) is 2.95. The SMILES string of the molecule is O=C(N[C@@H]1CC=CCC1)c1c[nH]c(=O)c([N+](=O)[O-])c1. The maximum absolute atomic E-state index is 11.9. The Hall–Kier alpha value is -2.44. The quantitative estimate of drug-likeness (QED) is 0.484. The second kappa shape index (κ2) is 5.47. The Morgan fingerprint density at radius 1 is 1.47 bits per heavy atom. The first-order chi connectivity index (χ1) is 9.08. The Morgan fingerprint density at radius 3 is 2.89 bits per heavy atom. The number of nitrogens with zero attached hydrogens (tertiary/aromatic N) is 1. The zero-order chi connectivity index (χ0) is 13.8. The average molecular weight is 263 g/mol. The fourth-order valence-corrected chi connectivity index (χ4v) is 1.93. The topological polar surface area (TPSA) is 105 Å². The standard InChI is InChI=1S/C12H13N3O4/c16-11(14-9-4-2-1-3-5-9)8-6-10(15(18)19)12(17)13-7-8/h1-2,6-7,9H,3-5H2,(H,13,17)(H,14,16)/t9-/m1/s1. The van der Waals surface area contributed by atoms with Crippen molar-refractivity contribution in [3.8, 4) is 0 Å². The van der Waals surface area contributed by atoms with Gasteiger partial charge in [0.15, 0.2) is 0 Å². The van der Waals surface area contributed by atoms with Crippen LogP contribution in [0.2, 0.25) is 0 Å². The molecule has 100 valence electrons. The molecule has 1 aromatic rings. The second-order valence-electron chi connectivity index (χ2n) is 4.31. The van der Waals surface area contributed by atoms with Gasteiger partial charge in [0.05, 0.1) is 10.5 Å². The van der Waals surface area contributed by atoms with Crippen molar-refractivity contribution in [3.05, 3.63) is 50.4 Å². The molecule has 7 heteroatoms. The molecular weight excluding hydrogens is 250 g/mol. The summed E-state index contributed by atoms with van der Waals surface area (Å²) in [5.74, 6) is -0.417. The van der Waals surface area contributed by atoms with Crippen LogP contribution in [0.25, 0.3) is 0 Å². The van der Waals surface area contributed by atoms with Gasteiger partial charge in [-0.25, -0.2) is 0 Å². The third-order valence-corrected chi connectivity index (χ3v) is 2.95. The molecule has 19 heavy (non-hydrogen) atoms. The monoisotopic (exact) mass is 263 g/mol. The number of nitrogens with one attached hydrogen (secondary N) is 2. The van der Waals surface area contributed by atoms with Gasteiger partial charge in [-0.2, -0.15) is 0 Å². The summed E-state index contributed by atoms with van der Waals surface area (Å²) < 4.78 is 0. The summed E-state index contributed by atoms with van der Waals surface area (Å²) in [5, 5.41) is 13.4. The van der Waals surface area contributed by atoms with Crippen LogP contribution in [0.1, 0.15) is 29.6 Å². The van der Waals surface area contributed by atoms with E-state index in [1.54, 1.807) is 0 Å². The lowest BCUT2D eigenvalue weighted by Gasteiger charge is -2.19. The number of aromatic nitrogens is 1. The average Bonchev–Trinajstić information content (AvgIpc) is 2.40. The maximum Gasteiger partial charge on any atom is 0.334 e. The van der Waals surface area contributed by atoms with E-state index in [4.69, 9.17) is 0 Å². The number of carbonyl (C=O) groups excluding carboxylic acids is 1. The van der Waals surface area contributed by atoms with Gasteiger partial charge in [-0.05, 0) is 19.3 Å². The number of carbonyl (C=O) groups is 1. The minimum Gasteiger partial charge on any atom is -0.349 e. The maximum atomic E-state index is 11.9. The van der Waals surface area contributed by atoms with E-state index >= 15 is 0 Å². The Bertz CT molecular complexity index is 591. The van der Waals surface area contributed by atoms with Crippen molar-refractivity contribution in [1.82, 2.24) is 10.3 Å². The largest absolute Gasteiger partial charge is 0.349 e. The Morgan fingerprint density at radius 2 is 2.26 bits per heavy atom. The molecule has 1 aliphatic carbocycles. The number of H-pyrrole nitrogens is 1. The summed E-state index contributed by atoms with van der Waals surface area (Å²) in [4.78, 5) is 35.1. The summed E-state index contributed by atoms with van der Waals surface area (Å²) in [6, 6.07) is 1.02. The van der Waals surface area contributed by atoms with Crippen molar-refractivity contribution >= 4 is 11.6 Å². The lowest BCUT2D eigenvalue weighted by atomic mass is 10.0. The normalized spacial score (nSPS) is 18.0. The van der Waals surface area contributed by atoms with Crippen LogP contribution in [-0.4, -0.2) is 21.9 Å². The molecule has 1 amide bonds. The number of amides is 1. The van der Waals surface area contributed by atoms with Crippen molar-refractivity contribution in [3.63, 3.8) is 0 Å². The van der Waals surface area contributed by atoms with Gasteiger partial charge in [-0.15, -0.1) is 0 Å². The highest BCUT2D eigenvalue weighted by molar-refractivity contribution is 5.94. The fourth-order valence-electron chi connectivity index (χ4n) is 1.93. The van der Waals surface area contributed by atoms with Gasteiger partial charge >= 0.3 is 11.2 Å². The summed E-state index contributed by atoms with van der Waals surface area (Å²) in [6.45, 7) is 0. The predicted molar refractivity (Wildman–Crippen MR) is 68.0 cm³/mol. The smallest absolute Gasteiger partial charge is 0.334 e. The number of rotatable bonds is 3. The van der Waals surface area contributed by atoms with E-state index in [9.17, 15) is 19.7 Å². The molecule has 0 radical (unpaired) electrons. The molecule has 1 aliphatic rings. The van der Waals surface area contributed by atoms with Crippen molar-refractivity contribution in [2.75, 3.05) is 0 Å². The number of hydrogen-bond donors (Lipinski definition) is 2. The second-order valence-corrected chi connectivity index (χ2v) is 4.31. The zero-order valence-electron chi connectivity index (χ0n) is 10.1. The van der Waals surface area contributed by atoms with Crippen molar-refractivity contribution < 1.29 is 9.72 Å². The van der Waals surface area contributed by atoms with Gasteiger partial charge in [-0.1, -0.05) is 12.2 Å². The van der Waals surface area contributed by atoms with Crippen LogP contribution >= 0.6 is 0 Å². The van der Waals surface area contributed by atoms with Gasteiger partial charge in [-0.3, -0.25) is 19.7 Å². The van der Waals surface area contributed by atoms with E-state index in [0.29, 0.717) is 0 Å². The highest BCUT2D eigenvalue weighted by Crippen LogP contribution is 2.12. The summed E-state index contributed by atoms with van der Waals surface area (Å²) >= 11 is 0. The molecule has 0 saturated heterocycles. The van der Waals surface area contributed by atoms with Crippen LogP contribution in [0.4, 0.5) is 5.69 Å². The number of pyridine rings is 1. The predicted octanol–water partition coefficient (Wildman–Crippen LogP) is 1.12. The van der Waals surface area contributed by atoms with Crippen LogP contribution in [0.3, 0.4) is 0 Å². The molecule has 0 unspecified atom stereocenters. The fraction of sp³-hybridized carbons (Fsp3) is 0.333. The number of aromatic amines is 1. The number of nitro groups is 1. The molecule has 1 aromatic heterocycles. The van der Waals surface area contributed by atoms with E-state index in [-0.39, 0.29) is 11.6 Å². The van der Waals surface area contributed by atoms with Gasteiger partial charge in [0, 0.05) is 18.3 Å². The Kier molecular flexibility index (Phi) is 3.74. The molecule has 0 spiro atoms. The molecule has 0 aliphatic heterocycles. The highest BCUT2D eigenvalue weighted by Gasteiger charge is 2.18. The molecule has 0 bridgehead atoms. The van der Waals surface area contributed by atoms with Gasteiger partial charge in [0.25, 0.3) is 5.91 Å². The van der Waals surface area contributed by atoms with Crippen LogP contribution in [0.15, 0.2) is 29.2 Å². The van der Waals surface area contributed by atoms with Gasteiger partial charge in [0.1, 0.15) is 0 Å². The minimum atomic E-state index is -0.817. The van der Waals surface area contributed by atoms with E-state index in [1.807, 2.05) is 12.2 Å². The Balaban J connectivity index is 2.15. The molecule has 0 fully saturated rings. The molecular formula is C12H13N3O4. The van der Waals surface area contributed by atoms with E-state index in [2.05, 4.69) is 10.3 Å². The van der Waals surface area contributed by atoms with E-state index in [1.165, 1.54) is 6.20 Å². The van der Waals surface area contributed by atoms with Crippen molar-refractivity contribution in [2.45, 2.75) is 25.3 Å². The molecule has 1 atom stereocenters. The van der Waals surface area contributed by atoms with Crippen LogP contribution in [0, 0.1) is 10.1 Å². The summed E-state index contributed by atoms with van der Waals surface area (Å²) in [7, 11) is 0. The molecule has 0 saturated carbocycles. The Labute approximate surface area is 108 Å². The first-order valence-corrected chi connectivity index (χ1v) is 5.91. The molecule has 1 heterocycles. The molecule has 0 aromatic carbocycles. The lowest BCUT2D eigenvalue weighted by molar-refractivity contribution is -0.386. The number of allylic oxidation sites excluding steroid dienone is 1. The van der Waals surface area contributed by atoms with Crippen LogP contribution in [-0.2, 0) is 0 Å². The first kappa shape index (κ1) is 13.0. The van der Waals surface area contributed by atoms with E-state index < -0.39 is 22.1 Å². The van der Waals surface area contributed by atoms with Gasteiger partial charge in [0.2, 0.25) is 0 Å². The number of hydrogen-bond acceptors (Lipinski definition) is 4. The van der Waals surface area contributed by atoms with Crippen LogP contribution < -0.4 is 10.9 Å². The van der Waals surface area contributed by atoms with Crippen molar-refractivity contribution in [2.24, 2.45) is 0 Å². The molecule has 7 nitrogen and oxygen atoms in total. The molecule has 2 N–H and O–H groups in total. The summed E-state index contributed by atoms with van der Waals surface area (Å²) in [6.07, 6.45) is 7.71. The highest BCUT2D eigenvalue weighted by atomic mass is 16.6. The lowest BCUT2D eigenvalue weighted by Crippen LogP contribution is -2.35. The molecule has 2 rings (SSSR count). The van der Waals surface area contributed by atoms with Gasteiger partial charge < -0.3 is 10.3 Å². The minimum absolute atomic E-state index is 0.0310. The van der Waals surface area contributed by atoms with E-state index in [0.717, 1.165) is 25.3 Å². The summed E-state index contributed by atoms with van der Waals surface area (Å²) in [5.41, 5.74) is -1.36. The third kappa shape index (κ3) is 3.06. The zero-order valence-corrected chi connectivity index (χ0v) is 10.1.